The van der Waals surface area contributed by atoms with E-state index in [1.54, 1.807) is 34.0 Å². The van der Waals surface area contributed by atoms with Crippen molar-refractivity contribution >= 4 is 40.9 Å². The second-order valence-corrected chi connectivity index (χ2v) is 13.4. The first-order valence-electron chi connectivity index (χ1n) is 16.3. The van der Waals surface area contributed by atoms with E-state index in [9.17, 15) is 29.1 Å². The molecule has 2 aliphatic heterocycles. The number of carbonyl (C=O) groups excluding carboxylic acids is 5. The first-order valence-corrected chi connectivity index (χ1v) is 17.3. The van der Waals surface area contributed by atoms with Crippen molar-refractivity contribution in [3.05, 3.63) is 82.3 Å². The number of likely N-dealkylation sites (tertiary alicyclic amines) is 1. The first-order chi connectivity index (χ1) is 23.6. The molecule has 4 atom stereocenters. The topological polar surface area (TPSA) is 170 Å². The number of benzene rings is 2. The maximum atomic E-state index is 14.1. The lowest BCUT2D eigenvalue weighted by Gasteiger charge is -2.29. The lowest BCUT2D eigenvalue weighted by molar-refractivity contribution is -0.141. The van der Waals surface area contributed by atoms with Crippen LogP contribution in [-0.2, 0) is 25.6 Å². The molecule has 1 saturated heterocycles. The summed E-state index contributed by atoms with van der Waals surface area (Å²) in [6.07, 6.45) is 0.744. The molecular weight excluding hydrogens is 648 g/mol. The molecule has 5 rings (SSSR count). The predicted molar refractivity (Wildman–Crippen MR) is 182 cm³/mol. The summed E-state index contributed by atoms with van der Waals surface area (Å²) in [5.74, 6) is -2.29. The highest BCUT2D eigenvalue weighted by Crippen LogP contribution is 2.31. The standard InChI is InChI=1S/C35H42N6O7S/c1-22(2)11-12-40-17-31(43)37-27(13-23-7-4-3-5-8-23)33(45)39-28-16-41(35(47)30-20-49-21-36-30)15-26(28)24-9-6-10-25(14-24)48-19-32(44)38-29(18-42)34(40)46/h3-10,14,20-22,26-29,42H,11-13,15-19H2,1-2H3,(H,37,43)(H,38,44)(H,39,45)/t26-,27-,28+,29-/m0/s1. The lowest BCUT2D eigenvalue weighted by Crippen LogP contribution is -2.56. The monoisotopic (exact) mass is 690 g/mol. The predicted octanol–water partition coefficient (Wildman–Crippen LogP) is 1.34. The SMILES string of the molecule is CC(C)CCN1CC(=O)N[C@@H](Cc2ccccc2)C(=O)N[C@@H]2CN(C(=O)c3cscn3)C[C@H]2c2cccc(c2)OCC(=O)N[C@@H](CO)C1=O. The summed E-state index contributed by atoms with van der Waals surface area (Å²) in [6.45, 7) is 3.14. The number of aliphatic hydroxyl groups is 1. The number of aromatic nitrogens is 1. The van der Waals surface area contributed by atoms with Crippen LogP contribution in [0.25, 0.3) is 0 Å². The number of rotatable bonds is 7. The number of aliphatic hydroxyl groups excluding tert-OH is 1. The van der Waals surface area contributed by atoms with Gasteiger partial charge in [0.25, 0.3) is 11.8 Å². The number of carbonyl (C=O) groups is 5. The molecule has 2 bridgehead atoms. The molecule has 0 saturated carbocycles. The molecule has 5 amide bonds. The highest BCUT2D eigenvalue weighted by Gasteiger charge is 2.39. The van der Waals surface area contributed by atoms with Gasteiger partial charge < -0.3 is 35.6 Å². The zero-order chi connectivity index (χ0) is 34.9. The third-order valence-electron chi connectivity index (χ3n) is 8.62. The van der Waals surface area contributed by atoms with Crippen LogP contribution in [0.3, 0.4) is 0 Å². The number of nitrogens with one attached hydrogen (secondary N) is 3. The van der Waals surface area contributed by atoms with E-state index < -0.39 is 55.0 Å². The van der Waals surface area contributed by atoms with Crippen molar-refractivity contribution in [1.82, 2.24) is 30.7 Å². The van der Waals surface area contributed by atoms with Crippen LogP contribution < -0.4 is 20.7 Å². The molecule has 4 N–H and O–H groups in total. The van der Waals surface area contributed by atoms with Crippen LogP contribution in [0.4, 0.5) is 0 Å². The summed E-state index contributed by atoms with van der Waals surface area (Å²) >= 11 is 1.32. The molecule has 49 heavy (non-hydrogen) atoms. The number of hydrogen-bond donors (Lipinski definition) is 4. The molecule has 3 heterocycles. The molecule has 14 heteroatoms. The van der Waals surface area contributed by atoms with Crippen LogP contribution in [-0.4, -0.2) is 107 Å². The molecule has 0 radical (unpaired) electrons. The molecule has 0 unspecified atom stereocenters. The highest BCUT2D eigenvalue weighted by molar-refractivity contribution is 7.07. The summed E-state index contributed by atoms with van der Waals surface area (Å²) in [6, 6.07) is 13.5. The average Bonchev–Trinajstić information content (AvgIpc) is 3.78. The van der Waals surface area contributed by atoms with E-state index in [1.807, 2.05) is 50.2 Å². The van der Waals surface area contributed by atoms with Crippen molar-refractivity contribution < 1.29 is 33.8 Å². The molecule has 1 fully saturated rings. The van der Waals surface area contributed by atoms with Crippen molar-refractivity contribution in [2.75, 3.05) is 39.4 Å². The Morgan fingerprint density at radius 2 is 1.78 bits per heavy atom. The minimum Gasteiger partial charge on any atom is -0.484 e. The number of nitrogens with zero attached hydrogens (tertiary/aromatic N) is 3. The fourth-order valence-electron chi connectivity index (χ4n) is 6.00. The number of hydrogen-bond acceptors (Lipinski definition) is 9. The Morgan fingerprint density at radius 3 is 2.49 bits per heavy atom. The Hall–Kier alpha value is -4.82. The average molecular weight is 691 g/mol. The van der Waals surface area contributed by atoms with E-state index in [0.29, 0.717) is 17.9 Å². The summed E-state index contributed by atoms with van der Waals surface area (Å²) in [5.41, 5.74) is 3.49. The van der Waals surface area contributed by atoms with E-state index in [-0.39, 0.29) is 50.3 Å². The van der Waals surface area contributed by atoms with E-state index in [1.165, 1.54) is 16.2 Å². The normalized spacial score (nSPS) is 22.4. The zero-order valence-electron chi connectivity index (χ0n) is 27.5. The number of amides is 5. The van der Waals surface area contributed by atoms with Gasteiger partial charge in [-0.3, -0.25) is 24.0 Å². The fourth-order valence-corrected chi connectivity index (χ4v) is 6.52. The highest BCUT2D eigenvalue weighted by atomic mass is 32.1. The van der Waals surface area contributed by atoms with Gasteiger partial charge in [-0.2, -0.15) is 0 Å². The molecule has 2 aromatic carbocycles. The molecule has 1 aromatic heterocycles. The van der Waals surface area contributed by atoms with E-state index in [4.69, 9.17) is 4.74 Å². The maximum absolute atomic E-state index is 14.1. The van der Waals surface area contributed by atoms with Gasteiger partial charge in [-0.05, 0) is 35.6 Å². The van der Waals surface area contributed by atoms with Crippen molar-refractivity contribution in [1.29, 1.82) is 0 Å². The van der Waals surface area contributed by atoms with Crippen LogP contribution >= 0.6 is 11.3 Å². The van der Waals surface area contributed by atoms with Gasteiger partial charge in [-0.1, -0.05) is 56.3 Å². The molecule has 260 valence electrons. The summed E-state index contributed by atoms with van der Waals surface area (Å²) in [5, 5.41) is 20.2. The third-order valence-corrected chi connectivity index (χ3v) is 9.20. The van der Waals surface area contributed by atoms with Gasteiger partial charge in [-0.15, -0.1) is 11.3 Å². The summed E-state index contributed by atoms with van der Waals surface area (Å²) in [7, 11) is 0. The minimum absolute atomic E-state index is 0.176. The molecule has 13 nitrogen and oxygen atoms in total. The molecular formula is C35H42N6O7S. The van der Waals surface area contributed by atoms with Crippen LogP contribution in [0.5, 0.6) is 5.75 Å². The second-order valence-electron chi connectivity index (χ2n) is 12.7. The van der Waals surface area contributed by atoms with Crippen LogP contribution in [0.15, 0.2) is 65.5 Å². The quantitative estimate of drug-likeness (QED) is 0.288. The Bertz CT molecular complexity index is 1620. The Labute approximate surface area is 289 Å². The largest absolute Gasteiger partial charge is 0.484 e. The zero-order valence-corrected chi connectivity index (χ0v) is 28.4. The Balaban J connectivity index is 1.49. The summed E-state index contributed by atoms with van der Waals surface area (Å²) < 4.78 is 5.78. The van der Waals surface area contributed by atoms with Gasteiger partial charge in [0.15, 0.2) is 6.61 Å². The van der Waals surface area contributed by atoms with E-state index in [0.717, 1.165) is 11.1 Å². The van der Waals surface area contributed by atoms with Gasteiger partial charge >= 0.3 is 0 Å². The van der Waals surface area contributed by atoms with Gasteiger partial charge in [0.05, 0.1) is 24.7 Å². The van der Waals surface area contributed by atoms with Crippen LogP contribution in [0.2, 0.25) is 0 Å². The van der Waals surface area contributed by atoms with Gasteiger partial charge in [0.2, 0.25) is 17.7 Å². The molecule has 0 aliphatic carbocycles. The molecule has 2 aliphatic rings. The lowest BCUT2D eigenvalue weighted by atomic mass is 9.93. The van der Waals surface area contributed by atoms with Crippen molar-refractivity contribution in [3.8, 4) is 5.75 Å². The first kappa shape index (κ1) is 35.5. The van der Waals surface area contributed by atoms with E-state index >= 15 is 0 Å². The number of fused-ring (bicyclic) bond motifs is 4. The molecule has 0 spiro atoms. The summed E-state index contributed by atoms with van der Waals surface area (Å²) in [4.78, 5) is 74.6. The Morgan fingerprint density at radius 1 is 1.00 bits per heavy atom. The van der Waals surface area contributed by atoms with Gasteiger partial charge in [0, 0.05) is 37.4 Å². The third kappa shape index (κ3) is 9.42. The molecule has 3 aromatic rings. The number of ether oxygens (including phenoxy) is 1. The van der Waals surface area contributed by atoms with Gasteiger partial charge in [-0.25, -0.2) is 4.98 Å². The van der Waals surface area contributed by atoms with Crippen molar-refractivity contribution in [3.63, 3.8) is 0 Å². The van der Waals surface area contributed by atoms with Gasteiger partial charge in [0.1, 0.15) is 23.5 Å². The number of thiazole rings is 1. The second kappa shape index (κ2) is 16.5. The van der Waals surface area contributed by atoms with Crippen molar-refractivity contribution in [2.45, 2.75) is 50.7 Å². The van der Waals surface area contributed by atoms with Crippen LogP contribution in [0, 0.1) is 5.92 Å². The Kier molecular flexibility index (Phi) is 12.0. The fraction of sp³-hybridized carbons (Fsp3) is 0.429. The van der Waals surface area contributed by atoms with Crippen molar-refractivity contribution in [2.24, 2.45) is 5.92 Å². The van der Waals surface area contributed by atoms with E-state index in [2.05, 4.69) is 20.9 Å². The smallest absolute Gasteiger partial charge is 0.273 e. The maximum Gasteiger partial charge on any atom is 0.273 e. The minimum atomic E-state index is -1.30. The van der Waals surface area contributed by atoms with Crippen LogP contribution in [0.1, 0.15) is 47.8 Å².